The minimum absolute atomic E-state index is 0.0706. The van der Waals surface area contributed by atoms with Crippen molar-refractivity contribution in [3.8, 4) is 23.0 Å². The number of pyridine rings is 1. The number of rotatable bonds is 4. The average molecular weight is 414 g/mol. The van der Waals surface area contributed by atoms with Gasteiger partial charge in [0.2, 0.25) is 15.9 Å². The normalized spacial score (nSPS) is 17.1. The van der Waals surface area contributed by atoms with Gasteiger partial charge in [-0.25, -0.2) is 18.4 Å². The number of nitrogens with zero attached hydrogens (tertiary/aromatic N) is 5. The second-order valence-corrected chi connectivity index (χ2v) is 8.92. The van der Waals surface area contributed by atoms with Gasteiger partial charge in [0.25, 0.3) is 0 Å². The number of para-hydroxylation sites is 1. The molecule has 0 atom stereocenters. The minimum Gasteiger partial charge on any atom is -0.481 e. The summed E-state index contributed by atoms with van der Waals surface area (Å²) in [7, 11) is 0.0441. The van der Waals surface area contributed by atoms with E-state index in [9.17, 15) is 8.42 Å². The standard InChI is InChI=1S/C20H23N5O3S/c1-23-10-11-25(29(26,27)13-12-23)18-15-24(17-6-4-3-5-7-17)20(22-18)16-8-9-19(28-2)21-14-16/h3-9,14-15H,10-13H2,1-2H3. The van der Waals surface area contributed by atoms with Crippen LogP contribution in [-0.4, -0.2) is 67.4 Å². The molecule has 4 rings (SSSR count). The predicted octanol–water partition coefficient (Wildman–Crippen LogP) is 2.02. The molecule has 3 aromatic rings. The third kappa shape index (κ3) is 3.96. The van der Waals surface area contributed by atoms with Crippen molar-refractivity contribution in [1.29, 1.82) is 0 Å². The van der Waals surface area contributed by atoms with Crippen molar-refractivity contribution in [3.05, 3.63) is 54.9 Å². The summed E-state index contributed by atoms with van der Waals surface area (Å²) >= 11 is 0. The lowest BCUT2D eigenvalue weighted by Crippen LogP contribution is -2.34. The van der Waals surface area contributed by atoms with Crippen LogP contribution in [0.2, 0.25) is 0 Å². The van der Waals surface area contributed by atoms with E-state index < -0.39 is 10.0 Å². The van der Waals surface area contributed by atoms with Crippen LogP contribution in [0, 0.1) is 0 Å². The van der Waals surface area contributed by atoms with E-state index in [0.717, 1.165) is 11.3 Å². The number of sulfonamides is 1. The van der Waals surface area contributed by atoms with Gasteiger partial charge in [0.15, 0.2) is 5.82 Å². The smallest absolute Gasteiger partial charge is 0.237 e. The van der Waals surface area contributed by atoms with Gasteiger partial charge < -0.3 is 9.64 Å². The Kier molecular flexibility index (Phi) is 5.25. The van der Waals surface area contributed by atoms with E-state index in [1.54, 1.807) is 25.6 Å². The third-order valence-electron chi connectivity index (χ3n) is 4.94. The fraction of sp³-hybridized carbons (Fsp3) is 0.300. The molecule has 1 fully saturated rings. The molecule has 0 N–H and O–H groups in total. The molecule has 1 aromatic carbocycles. The van der Waals surface area contributed by atoms with Gasteiger partial charge in [-0.15, -0.1) is 0 Å². The summed E-state index contributed by atoms with van der Waals surface area (Å²) < 4.78 is 34.1. The van der Waals surface area contributed by atoms with E-state index in [0.29, 0.717) is 37.2 Å². The summed E-state index contributed by atoms with van der Waals surface area (Å²) in [6.45, 7) is 1.52. The zero-order valence-electron chi connectivity index (χ0n) is 16.4. The van der Waals surface area contributed by atoms with Gasteiger partial charge in [-0.3, -0.25) is 8.87 Å². The molecule has 1 saturated heterocycles. The molecule has 152 valence electrons. The highest BCUT2D eigenvalue weighted by atomic mass is 32.2. The number of methoxy groups -OCH3 is 1. The quantitative estimate of drug-likeness (QED) is 0.651. The summed E-state index contributed by atoms with van der Waals surface area (Å²) in [4.78, 5) is 11.0. The van der Waals surface area contributed by atoms with Gasteiger partial charge in [-0.1, -0.05) is 18.2 Å². The van der Waals surface area contributed by atoms with E-state index in [1.807, 2.05) is 52.9 Å². The molecule has 0 spiro atoms. The molecule has 8 nitrogen and oxygen atoms in total. The number of hydrogen-bond donors (Lipinski definition) is 0. The highest BCUT2D eigenvalue weighted by Crippen LogP contribution is 2.28. The van der Waals surface area contributed by atoms with Crippen LogP contribution in [0.15, 0.2) is 54.9 Å². The van der Waals surface area contributed by atoms with Gasteiger partial charge in [0.1, 0.15) is 5.82 Å². The average Bonchev–Trinajstić information content (AvgIpc) is 3.12. The Morgan fingerprint density at radius 2 is 1.83 bits per heavy atom. The second kappa shape index (κ2) is 7.84. The molecule has 0 amide bonds. The predicted molar refractivity (Wildman–Crippen MR) is 112 cm³/mol. The Bertz CT molecular complexity index is 1080. The van der Waals surface area contributed by atoms with E-state index in [1.165, 1.54) is 4.31 Å². The maximum absolute atomic E-state index is 12.8. The lowest BCUT2D eigenvalue weighted by molar-refractivity contribution is 0.371. The molecular formula is C20H23N5O3S. The van der Waals surface area contributed by atoms with Crippen molar-refractivity contribution in [1.82, 2.24) is 19.4 Å². The summed E-state index contributed by atoms with van der Waals surface area (Å²) in [5.74, 6) is 1.61. The molecule has 0 saturated carbocycles. The number of ether oxygens (including phenoxy) is 1. The first kappa shape index (κ1) is 19.4. The van der Waals surface area contributed by atoms with Gasteiger partial charge in [0.05, 0.1) is 19.1 Å². The monoisotopic (exact) mass is 413 g/mol. The molecule has 0 aliphatic carbocycles. The molecule has 1 aliphatic heterocycles. The lowest BCUT2D eigenvalue weighted by atomic mass is 10.2. The zero-order chi connectivity index (χ0) is 20.4. The zero-order valence-corrected chi connectivity index (χ0v) is 17.2. The number of hydrogen-bond acceptors (Lipinski definition) is 6. The molecule has 3 heterocycles. The molecule has 2 aromatic heterocycles. The van der Waals surface area contributed by atoms with Crippen LogP contribution in [0.3, 0.4) is 0 Å². The maximum atomic E-state index is 12.8. The van der Waals surface area contributed by atoms with Gasteiger partial charge in [0, 0.05) is 43.1 Å². The van der Waals surface area contributed by atoms with Gasteiger partial charge in [-0.05, 0) is 25.2 Å². The van der Waals surface area contributed by atoms with Crippen molar-refractivity contribution in [2.24, 2.45) is 0 Å². The van der Waals surface area contributed by atoms with E-state index in [2.05, 4.69) is 4.98 Å². The van der Waals surface area contributed by atoms with Crippen LogP contribution in [0.5, 0.6) is 5.88 Å². The Hall–Kier alpha value is -2.91. The minimum atomic E-state index is -3.44. The fourth-order valence-electron chi connectivity index (χ4n) is 3.26. The Morgan fingerprint density at radius 3 is 2.52 bits per heavy atom. The molecule has 0 unspecified atom stereocenters. The number of anilines is 1. The van der Waals surface area contributed by atoms with E-state index in [4.69, 9.17) is 9.72 Å². The first-order chi connectivity index (χ1) is 14.0. The number of likely N-dealkylation sites (N-methyl/N-ethyl adjacent to an activating group) is 1. The van der Waals surface area contributed by atoms with Gasteiger partial charge >= 0.3 is 0 Å². The topological polar surface area (TPSA) is 80.6 Å². The number of aromatic nitrogens is 3. The van der Waals surface area contributed by atoms with Crippen LogP contribution >= 0.6 is 0 Å². The van der Waals surface area contributed by atoms with Crippen molar-refractivity contribution >= 4 is 15.8 Å². The molecule has 9 heteroatoms. The number of imidazole rings is 1. The summed E-state index contributed by atoms with van der Waals surface area (Å²) in [5.41, 5.74) is 1.66. The van der Waals surface area contributed by atoms with Crippen molar-refractivity contribution in [3.63, 3.8) is 0 Å². The van der Waals surface area contributed by atoms with Crippen molar-refractivity contribution < 1.29 is 13.2 Å². The van der Waals surface area contributed by atoms with Crippen LogP contribution < -0.4 is 9.04 Å². The lowest BCUT2D eigenvalue weighted by Gasteiger charge is -2.19. The maximum Gasteiger partial charge on any atom is 0.237 e. The third-order valence-corrected chi connectivity index (χ3v) is 6.68. The first-order valence-electron chi connectivity index (χ1n) is 9.32. The molecule has 29 heavy (non-hydrogen) atoms. The summed E-state index contributed by atoms with van der Waals surface area (Å²) in [5, 5.41) is 0. The summed E-state index contributed by atoms with van der Waals surface area (Å²) in [6, 6.07) is 13.3. The largest absolute Gasteiger partial charge is 0.481 e. The van der Waals surface area contributed by atoms with Crippen LogP contribution in [0.4, 0.5) is 5.82 Å². The Balaban J connectivity index is 1.83. The van der Waals surface area contributed by atoms with Crippen molar-refractivity contribution in [2.75, 3.05) is 43.8 Å². The van der Waals surface area contributed by atoms with E-state index >= 15 is 0 Å². The van der Waals surface area contributed by atoms with Gasteiger partial charge in [-0.2, -0.15) is 0 Å². The van der Waals surface area contributed by atoms with Crippen LogP contribution in [-0.2, 0) is 10.0 Å². The Morgan fingerprint density at radius 1 is 1.03 bits per heavy atom. The molecule has 0 bridgehead atoms. The Labute approximate surface area is 170 Å². The molecule has 0 radical (unpaired) electrons. The number of benzene rings is 1. The highest BCUT2D eigenvalue weighted by molar-refractivity contribution is 7.92. The molecule has 1 aliphatic rings. The second-order valence-electron chi connectivity index (χ2n) is 6.91. The first-order valence-corrected chi connectivity index (χ1v) is 10.9. The molecular weight excluding hydrogens is 390 g/mol. The van der Waals surface area contributed by atoms with Crippen LogP contribution in [0.1, 0.15) is 0 Å². The van der Waals surface area contributed by atoms with Crippen LogP contribution in [0.25, 0.3) is 17.1 Å². The SMILES string of the molecule is COc1ccc(-c2nc(N3CCN(C)CCS3(=O)=O)cn2-c2ccccc2)cn1. The van der Waals surface area contributed by atoms with E-state index in [-0.39, 0.29) is 5.75 Å². The fourth-order valence-corrected chi connectivity index (χ4v) is 4.76. The van der Waals surface area contributed by atoms with Crippen molar-refractivity contribution in [2.45, 2.75) is 0 Å². The summed E-state index contributed by atoms with van der Waals surface area (Å²) in [6.07, 6.45) is 3.45. The highest BCUT2D eigenvalue weighted by Gasteiger charge is 2.29.